The van der Waals surface area contributed by atoms with Gasteiger partial charge in [-0.05, 0) is 64.1 Å². The quantitative estimate of drug-likeness (QED) is 0.687. The van der Waals surface area contributed by atoms with E-state index >= 15 is 0 Å². The van der Waals surface area contributed by atoms with Crippen LogP contribution in [0.4, 0.5) is 0 Å². The molecule has 0 aliphatic carbocycles. The van der Waals surface area contributed by atoms with Crippen molar-refractivity contribution in [1.82, 2.24) is 0 Å². The van der Waals surface area contributed by atoms with Crippen LogP contribution >= 0.6 is 0 Å². The van der Waals surface area contributed by atoms with Gasteiger partial charge in [-0.1, -0.05) is 12.1 Å². The first-order valence-corrected chi connectivity index (χ1v) is 11.1. The Hall–Kier alpha value is -0.925. The summed E-state index contributed by atoms with van der Waals surface area (Å²) >= 11 is 0. The number of hydrogen-bond acceptors (Lipinski definition) is 6. The summed E-state index contributed by atoms with van der Waals surface area (Å²) in [6.07, 6.45) is 1.84. The summed E-state index contributed by atoms with van der Waals surface area (Å²) in [5.41, 5.74) is -0.0587. The van der Waals surface area contributed by atoms with Gasteiger partial charge in [0.1, 0.15) is 0 Å². The minimum Gasteiger partial charge on any atom is -0.399 e. The Morgan fingerprint density at radius 1 is 1.04 bits per heavy atom. The topological polar surface area (TPSA) is 71.1 Å². The van der Waals surface area contributed by atoms with Crippen LogP contribution < -0.4 is 5.46 Å². The number of ether oxygens (including phenoxy) is 2. The fourth-order valence-electron chi connectivity index (χ4n) is 3.12. The van der Waals surface area contributed by atoms with Crippen LogP contribution in [0.3, 0.4) is 0 Å². The summed E-state index contributed by atoms with van der Waals surface area (Å²) in [6.45, 7) is 9.85. The lowest BCUT2D eigenvalue weighted by molar-refractivity contribution is 0.00578. The third-order valence-electron chi connectivity index (χ3n) is 5.70. The van der Waals surface area contributed by atoms with E-state index < -0.39 is 28.2 Å². The van der Waals surface area contributed by atoms with Gasteiger partial charge >= 0.3 is 7.12 Å². The van der Waals surface area contributed by atoms with Gasteiger partial charge in [0.2, 0.25) is 9.84 Å². The number of sulfone groups is 1. The highest BCUT2D eigenvalue weighted by molar-refractivity contribution is 7.91. The van der Waals surface area contributed by atoms with Crippen LogP contribution in [0.5, 0.6) is 0 Å². The first-order chi connectivity index (χ1) is 12.6. The van der Waals surface area contributed by atoms with Crippen molar-refractivity contribution in [3.63, 3.8) is 0 Å². The van der Waals surface area contributed by atoms with Gasteiger partial charge in [0.15, 0.2) is 5.94 Å². The molecule has 3 rings (SSSR count). The molecule has 0 spiro atoms. The van der Waals surface area contributed by atoms with Gasteiger partial charge in [-0.25, -0.2) is 8.42 Å². The molecule has 0 atom stereocenters. The van der Waals surface area contributed by atoms with E-state index in [0.717, 1.165) is 31.5 Å². The molecule has 0 bridgehead atoms. The summed E-state index contributed by atoms with van der Waals surface area (Å²) in [5.74, 6) is 0.0694. The summed E-state index contributed by atoms with van der Waals surface area (Å²) in [4.78, 5) is 0.245. The third-order valence-corrected chi connectivity index (χ3v) is 7.16. The van der Waals surface area contributed by atoms with Crippen LogP contribution in [0.15, 0.2) is 29.2 Å². The molecule has 6 nitrogen and oxygen atoms in total. The fraction of sp³-hybridized carbons (Fsp3) is 0.684. The van der Waals surface area contributed by atoms with E-state index in [1.54, 1.807) is 24.3 Å². The molecule has 0 N–H and O–H groups in total. The lowest BCUT2D eigenvalue weighted by Gasteiger charge is -2.32. The molecular formula is C19H29BO6S. The van der Waals surface area contributed by atoms with Gasteiger partial charge in [0.25, 0.3) is 0 Å². The summed E-state index contributed by atoms with van der Waals surface area (Å²) in [7, 11) is -3.99. The van der Waals surface area contributed by atoms with E-state index in [2.05, 4.69) is 0 Å². The van der Waals surface area contributed by atoms with Crippen molar-refractivity contribution in [1.29, 1.82) is 0 Å². The Bertz CT molecular complexity index is 722. The second-order valence-corrected chi connectivity index (χ2v) is 10.3. The first-order valence-electron chi connectivity index (χ1n) is 9.45. The Labute approximate surface area is 162 Å². The SMILES string of the molecule is CC1(C)OB(c2ccc(S(=O)(=O)COCC3CCOCC3)cc2)OC1(C)C. The van der Waals surface area contributed by atoms with Gasteiger partial charge < -0.3 is 18.8 Å². The Morgan fingerprint density at radius 3 is 2.15 bits per heavy atom. The lowest BCUT2D eigenvalue weighted by atomic mass is 9.79. The molecule has 150 valence electrons. The van der Waals surface area contributed by atoms with Crippen LogP contribution in [-0.4, -0.2) is 52.5 Å². The Balaban J connectivity index is 1.59. The normalized spacial score (nSPS) is 22.9. The zero-order valence-corrected chi connectivity index (χ0v) is 17.4. The van der Waals surface area contributed by atoms with Crippen LogP contribution in [0, 0.1) is 5.92 Å². The van der Waals surface area contributed by atoms with Gasteiger partial charge in [-0.15, -0.1) is 0 Å². The summed E-state index contributed by atoms with van der Waals surface area (Å²) in [6, 6.07) is 6.67. The molecule has 1 aromatic carbocycles. The second-order valence-electron chi connectivity index (χ2n) is 8.32. The van der Waals surface area contributed by atoms with Crippen LogP contribution in [-0.2, 0) is 28.6 Å². The van der Waals surface area contributed by atoms with Gasteiger partial charge in [0.05, 0.1) is 22.7 Å². The maximum Gasteiger partial charge on any atom is 0.494 e. The van der Waals surface area contributed by atoms with Crippen molar-refractivity contribution >= 4 is 22.4 Å². The van der Waals surface area contributed by atoms with Crippen molar-refractivity contribution < 1.29 is 27.2 Å². The van der Waals surface area contributed by atoms with Crippen LogP contribution in [0.1, 0.15) is 40.5 Å². The van der Waals surface area contributed by atoms with Crippen molar-refractivity contribution in [2.45, 2.75) is 56.6 Å². The molecule has 2 heterocycles. The Kier molecular flexibility index (Phi) is 6.03. The largest absolute Gasteiger partial charge is 0.494 e. The molecule has 0 amide bonds. The number of hydrogen-bond donors (Lipinski definition) is 0. The molecule has 0 unspecified atom stereocenters. The predicted molar refractivity (Wildman–Crippen MR) is 104 cm³/mol. The monoisotopic (exact) mass is 396 g/mol. The average Bonchev–Trinajstić information content (AvgIpc) is 2.83. The maximum absolute atomic E-state index is 12.5. The van der Waals surface area contributed by atoms with Crippen molar-refractivity contribution in [2.24, 2.45) is 5.92 Å². The van der Waals surface area contributed by atoms with Crippen LogP contribution in [0.2, 0.25) is 0 Å². The second kappa shape index (κ2) is 7.83. The molecule has 2 aliphatic heterocycles. The fourth-order valence-corrected chi connectivity index (χ4v) is 4.12. The minimum atomic E-state index is -3.48. The van der Waals surface area contributed by atoms with Crippen molar-refractivity contribution in [2.75, 3.05) is 25.8 Å². The molecule has 8 heteroatoms. The van der Waals surface area contributed by atoms with Crippen molar-refractivity contribution in [3.05, 3.63) is 24.3 Å². The van der Waals surface area contributed by atoms with E-state index in [4.69, 9.17) is 18.8 Å². The maximum atomic E-state index is 12.5. The standard InChI is InChI=1S/C19H29BO6S/c1-18(2)19(3,4)26-20(25-18)16-5-7-17(8-6-16)27(21,22)14-24-13-15-9-11-23-12-10-15/h5-8,15H,9-14H2,1-4H3. The lowest BCUT2D eigenvalue weighted by Crippen LogP contribution is -2.41. The molecule has 0 radical (unpaired) electrons. The van der Waals surface area contributed by atoms with E-state index in [-0.39, 0.29) is 10.8 Å². The predicted octanol–water partition coefficient (Wildman–Crippen LogP) is 2.16. The zero-order valence-electron chi connectivity index (χ0n) is 16.6. The number of rotatable bonds is 6. The summed E-state index contributed by atoms with van der Waals surface area (Å²) in [5, 5.41) is 0. The number of benzene rings is 1. The first kappa shape index (κ1) is 20.8. The molecule has 0 aromatic heterocycles. The van der Waals surface area contributed by atoms with E-state index in [0.29, 0.717) is 12.5 Å². The highest BCUT2D eigenvalue weighted by atomic mass is 32.2. The molecule has 2 fully saturated rings. The van der Waals surface area contributed by atoms with Crippen LogP contribution in [0.25, 0.3) is 0 Å². The molecule has 1 aromatic rings. The highest BCUT2D eigenvalue weighted by Gasteiger charge is 2.51. The van der Waals surface area contributed by atoms with Crippen molar-refractivity contribution in [3.8, 4) is 0 Å². The zero-order chi connectivity index (χ0) is 19.7. The van der Waals surface area contributed by atoms with E-state index in [1.807, 2.05) is 27.7 Å². The van der Waals surface area contributed by atoms with E-state index in [9.17, 15) is 8.42 Å². The van der Waals surface area contributed by atoms with E-state index in [1.165, 1.54) is 0 Å². The highest BCUT2D eigenvalue weighted by Crippen LogP contribution is 2.36. The Morgan fingerprint density at radius 2 is 1.59 bits per heavy atom. The third kappa shape index (κ3) is 4.74. The molecule has 0 saturated carbocycles. The van der Waals surface area contributed by atoms with Gasteiger partial charge in [0, 0.05) is 13.2 Å². The summed E-state index contributed by atoms with van der Waals surface area (Å²) < 4.78 is 47.8. The minimum absolute atomic E-state index is 0.245. The molecule has 2 aliphatic rings. The molecule has 27 heavy (non-hydrogen) atoms. The molecule has 2 saturated heterocycles. The molecular weight excluding hydrogens is 367 g/mol. The smallest absolute Gasteiger partial charge is 0.399 e. The average molecular weight is 396 g/mol. The van der Waals surface area contributed by atoms with Gasteiger partial charge in [-0.2, -0.15) is 0 Å². The van der Waals surface area contributed by atoms with Gasteiger partial charge in [-0.3, -0.25) is 0 Å².